The van der Waals surface area contributed by atoms with Gasteiger partial charge in [-0.1, -0.05) is 15.9 Å². The highest BCUT2D eigenvalue weighted by Gasteiger charge is 2.19. The highest BCUT2D eigenvalue weighted by Crippen LogP contribution is 2.33. The van der Waals surface area contributed by atoms with E-state index in [2.05, 4.69) is 30.6 Å². The van der Waals surface area contributed by atoms with Crippen molar-refractivity contribution in [3.63, 3.8) is 0 Å². The zero-order valence-corrected chi connectivity index (χ0v) is 14.3. The second-order valence-corrected chi connectivity index (χ2v) is 7.03. The zero-order valence-electron chi connectivity index (χ0n) is 11.1. The lowest BCUT2D eigenvalue weighted by molar-refractivity contribution is 0.416. The number of aromatic nitrogens is 2. The first-order valence-electron chi connectivity index (χ1n) is 5.68. The summed E-state index contributed by atoms with van der Waals surface area (Å²) >= 11 is 8.88. The first kappa shape index (κ1) is 16.0. The van der Waals surface area contributed by atoms with Crippen LogP contribution in [-0.4, -0.2) is 25.5 Å². The van der Waals surface area contributed by atoms with Crippen molar-refractivity contribution in [3.05, 3.63) is 39.8 Å². The van der Waals surface area contributed by atoms with Crippen LogP contribution in [0.25, 0.3) is 0 Å². The van der Waals surface area contributed by atoms with Gasteiger partial charge in [-0.3, -0.25) is 4.72 Å². The third-order valence-corrected chi connectivity index (χ3v) is 4.58. The lowest BCUT2D eigenvalue weighted by Gasteiger charge is -2.14. The van der Waals surface area contributed by atoms with Gasteiger partial charge in [0.05, 0.1) is 25.2 Å². The third-order valence-electron chi connectivity index (χ3n) is 2.63. The van der Waals surface area contributed by atoms with Crippen molar-refractivity contribution in [3.8, 4) is 5.75 Å². The number of anilines is 1. The van der Waals surface area contributed by atoms with Gasteiger partial charge in [0.2, 0.25) is 5.28 Å². The van der Waals surface area contributed by atoms with Crippen molar-refractivity contribution in [1.82, 2.24) is 9.97 Å². The summed E-state index contributed by atoms with van der Waals surface area (Å²) in [4.78, 5) is 7.24. The van der Waals surface area contributed by atoms with Gasteiger partial charge in [0.15, 0.2) is 0 Å². The number of nitrogens with one attached hydrogen (secondary N) is 1. The molecule has 0 atom stereocenters. The zero-order chi connectivity index (χ0) is 15.6. The molecule has 0 fully saturated rings. The van der Waals surface area contributed by atoms with E-state index < -0.39 is 10.0 Å². The first-order valence-corrected chi connectivity index (χ1v) is 8.33. The van der Waals surface area contributed by atoms with Crippen LogP contribution in [0.3, 0.4) is 0 Å². The Morgan fingerprint density at radius 2 is 1.90 bits per heavy atom. The summed E-state index contributed by atoms with van der Waals surface area (Å²) in [5.74, 6) is 0.403. The Bertz CT molecular complexity index is 766. The lowest BCUT2D eigenvalue weighted by Crippen LogP contribution is -2.15. The lowest BCUT2D eigenvalue weighted by atomic mass is 10.2. The molecule has 0 aliphatic rings. The second-order valence-electron chi connectivity index (χ2n) is 4.09. The van der Waals surface area contributed by atoms with E-state index >= 15 is 0 Å². The van der Waals surface area contributed by atoms with Gasteiger partial charge >= 0.3 is 0 Å². The van der Waals surface area contributed by atoms with E-state index in [1.165, 1.54) is 7.11 Å². The van der Waals surface area contributed by atoms with Gasteiger partial charge in [0, 0.05) is 4.47 Å². The Kier molecular flexibility index (Phi) is 4.70. The molecule has 1 aromatic carbocycles. The third kappa shape index (κ3) is 3.63. The number of hydrogen-bond acceptors (Lipinski definition) is 5. The SMILES string of the molecule is COc1cc(Br)cc(C)c1NS(=O)(=O)c1cnc(Cl)nc1. The minimum atomic E-state index is -3.83. The molecule has 21 heavy (non-hydrogen) atoms. The molecule has 0 radical (unpaired) electrons. The average Bonchev–Trinajstić information content (AvgIpc) is 2.42. The fourth-order valence-electron chi connectivity index (χ4n) is 1.64. The molecule has 2 aromatic rings. The molecule has 112 valence electrons. The molecule has 6 nitrogen and oxygen atoms in total. The molecular formula is C12H11BrClN3O3S. The molecule has 0 aliphatic heterocycles. The standard InChI is InChI=1S/C12H11BrClN3O3S/c1-7-3-8(13)4-10(20-2)11(7)17-21(18,19)9-5-15-12(14)16-6-9/h3-6,17H,1-2H3. The van der Waals surface area contributed by atoms with Crippen LogP contribution in [-0.2, 0) is 10.0 Å². The van der Waals surface area contributed by atoms with Crippen LogP contribution in [0.15, 0.2) is 33.9 Å². The predicted molar refractivity (Wildman–Crippen MR) is 83.3 cm³/mol. The Labute approximate surface area is 135 Å². The first-order chi connectivity index (χ1) is 9.83. The Hall–Kier alpha value is -1.38. The molecule has 1 heterocycles. The molecule has 0 saturated carbocycles. The Morgan fingerprint density at radius 3 is 2.48 bits per heavy atom. The molecule has 0 saturated heterocycles. The van der Waals surface area contributed by atoms with Gasteiger partial charge < -0.3 is 4.74 Å². The Morgan fingerprint density at radius 1 is 1.29 bits per heavy atom. The fraction of sp³-hybridized carbons (Fsp3) is 0.167. The molecular weight excluding hydrogens is 382 g/mol. The van der Waals surface area contributed by atoms with Crippen LogP contribution < -0.4 is 9.46 Å². The molecule has 0 spiro atoms. The van der Waals surface area contributed by atoms with Crippen LogP contribution in [0, 0.1) is 6.92 Å². The van der Waals surface area contributed by atoms with E-state index in [1.54, 1.807) is 19.1 Å². The van der Waals surface area contributed by atoms with Crippen molar-refractivity contribution in [2.45, 2.75) is 11.8 Å². The van der Waals surface area contributed by atoms with E-state index in [1.807, 2.05) is 0 Å². The highest BCUT2D eigenvalue weighted by atomic mass is 79.9. The van der Waals surface area contributed by atoms with Crippen molar-refractivity contribution < 1.29 is 13.2 Å². The molecule has 1 N–H and O–H groups in total. The van der Waals surface area contributed by atoms with E-state index in [9.17, 15) is 8.42 Å². The summed E-state index contributed by atoms with van der Waals surface area (Å²) in [7, 11) is -2.36. The van der Waals surface area contributed by atoms with E-state index in [0.717, 1.165) is 16.9 Å². The van der Waals surface area contributed by atoms with Crippen LogP contribution in [0.2, 0.25) is 5.28 Å². The number of benzene rings is 1. The van der Waals surface area contributed by atoms with Crippen LogP contribution in [0.4, 0.5) is 5.69 Å². The molecule has 0 amide bonds. The summed E-state index contributed by atoms with van der Waals surface area (Å²) in [6.07, 6.45) is 2.27. The van der Waals surface area contributed by atoms with E-state index in [-0.39, 0.29) is 10.2 Å². The maximum atomic E-state index is 12.3. The van der Waals surface area contributed by atoms with Crippen LogP contribution in [0.5, 0.6) is 5.75 Å². The summed E-state index contributed by atoms with van der Waals surface area (Å²) in [5.41, 5.74) is 1.07. The summed E-state index contributed by atoms with van der Waals surface area (Å²) < 4.78 is 33.1. The minimum absolute atomic E-state index is 0.0219. The normalized spacial score (nSPS) is 11.2. The molecule has 0 bridgehead atoms. The number of halogens is 2. The number of hydrogen-bond donors (Lipinski definition) is 1. The van der Waals surface area contributed by atoms with Gasteiger partial charge in [-0.25, -0.2) is 18.4 Å². The smallest absolute Gasteiger partial charge is 0.265 e. The van der Waals surface area contributed by atoms with Gasteiger partial charge in [-0.05, 0) is 36.2 Å². The van der Waals surface area contributed by atoms with Gasteiger partial charge in [-0.2, -0.15) is 0 Å². The quantitative estimate of drug-likeness (QED) is 0.809. The van der Waals surface area contributed by atoms with Crippen molar-refractivity contribution in [1.29, 1.82) is 0 Å². The minimum Gasteiger partial charge on any atom is -0.495 e. The number of methoxy groups -OCH3 is 1. The molecule has 0 unspecified atom stereocenters. The van der Waals surface area contributed by atoms with Crippen LogP contribution >= 0.6 is 27.5 Å². The van der Waals surface area contributed by atoms with Crippen molar-refractivity contribution in [2.24, 2.45) is 0 Å². The van der Waals surface area contributed by atoms with E-state index in [0.29, 0.717) is 17.0 Å². The predicted octanol–water partition coefficient (Wildman–Crippen LogP) is 3.01. The molecule has 2 rings (SSSR count). The number of nitrogens with zero attached hydrogens (tertiary/aromatic N) is 2. The number of ether oxygens (including phenoxy) is 1. The van der Waals surface area contributed by atoms with E-state index in [4.69, 9.17) is 16.3 Å². The highest BCUT2D eigenvalue weighted by molar-refractivity contribution is 9.10. The van der Waals surface area contributed by atoms with Gasteiger partial charge in [0.1, 0.15) is 10.6 Å². The average molecular weight is 393 g/mol. The van der Waals surface area contributed by atoms with Crippen molar-refractivity contribution >= 4 is 43.2 Å². The fourth-order valence-corrected chi connectivity index (χ4v) is 3.32. The molecule has 9 heteroatoms. The van der Waals surface area contributed by atoms with Gasteiger partial charge in [-0.15, -0.1) is 0 Å². The van der Waals surface area contributed by atoms with Crippen molar-refractivity contribution in [2.75, 3.05) is 11.8 Å². The number of aryl methyl sites for hydroxylation is 1. The molecule has 0 aliphatic carbocycles. The topological polar surface area (TPSA) is 81.2 Å². The molecule has 1 aromatic heterocycles. The summed E-state index contributed by atoms with van der Waals surface area (Å²) in [5, 5.41) is -0.0219. The number of sulfonamides is 1. The number of rotatable bonds is 4. The van der Waals surface area contributed by atoms with Gasteiger partial charge in [0.25, 0.3) is 10.0 Å². The maximum absolute atomic E-state index is 12.3. The maximum Gasteiger partial charge on any atom is 0.265 e. The summed E-state index contributed by atoms with van der Waals surface area (Å²) in [6.45, 7) is 1.77. The Balaban J connectivity index is 2.44. The monoisotopic (exact) mass is 391 g/mol. The second kappa shape index (κ2) is 6.17. The largest absolute Gasteiger partial charge is 0.495 e. The van der Waals surface area contributed by atoms with Crippen LogP contribution in [0.1, 0.15) is 5.56 Å². The summed E-state index contributed by atoms with van der Waals surface area (Å²) in [6, 6.07) is 3.45.